The normalized spacial score (nSPS) is 16.0. The Morgan fingerprint density at radius 2 is 1.85 bits per heavy atom. The molecule has 1 unspecified atom stereocenters. The molecule has 0 bridgehead atoms. The molecule has 1 aliphatic rings. The highest BCUT2D eigenvalue weighted by Gasteiger charge is 2.25. The summed E-state index contributed by atoms with van der Waals surface area (Å²) in [7, 11) is 0. The first-order valence-corrected chi connectivity index (χ1v) is 9.27. The van der Waals surface area contributed by atoms with Crippen molar-refractivity contribution in [1.82, 2.24) is 14.7 Å². The number of nitriles is 1. The maximum absolute atomic E-state index is 12.5. The van der Waals surface area contributed by atoms with Crippen molar-refractivity contribution in [3.63, 3.8) is 0 Å². The summed E-state index contributed by atoms with van der Waals surface area (Å²) in [6, 6.07) is 9.06. The quantitative estimate of drug-likeness (QED) is 0.762. The van der Waals surface area contributed by atoms with Crippen LogP contribution in [0.5, 0.6) is 0 Å². The number of rotatable bonds is 6. The number of benzene rings is 1. The van der Waals surface area contributed by atoms with Crippen molar-refractivity contribution in [1.29, 1.82) is 5.26 Å². The van der Waals surface area contributed by atoms with Gasteiger partial charge in [0, 0.05) is 49.9 Å². The average molecular weight is 377 g/mol. The van der Waals surface area contributed by atoms with Gasteiger partial charge in [0.25, 0.3) is 5.91 Å². The largest absolute Gasteiger partial charge is 0.341 e. The van der Waals surface area contributed by atoms with Crippen LogP contribution < -0.4 is 0 Å². The van der Waals surface area contributed by atoms with Crippen LogP contribution >= 0.6 is 11.6 Å². The Morgan fingerprint density at radius 3 is 2.38 bits per heavy atom. The molecule has 1 aliphatic heterocycles. The number of hydrogen-bond acceptors (Lipinski definition) is 4. The molecule has 0 spiro atoms. The summed E-state index contributed by atoms with van der Waals surface area (Å²) in [6.45, 7) is 7.63. The van der Waals surface area contributed by atoms with E-state index >= 15 is 0 Å². The van der Waals surface area contributed by atoms with Gasteiger partial charge in [-0.3, -0.25) is 14.5 Å². The Balaban J connectivity index is 1.84. The Morgan fingerprint density at radius 1 is 1.23 bits per heavy atom. The van der Waals surface area contributed by atoms with E-state index in [0.29, 0.717) is 56.4 Å². The van der Waals surface area contributed by atoms with Crippen LogP contribution in [0.25, 0.3) is 0 Å². The number of likely N-dealkylation sites (N-methyl/N-ethyl adjacent to an activating group) is 1. The third-order valence-electron chi connectivity index (χ3n) is 4.56. The second-order valence-corrected chi connectivity index (χ2v) is 6.97. The van der Waals surface area contributed by atoms with Crippen molar-refractivity contribution >= 4 is 23.4 Å². The van der Waals surface area contributed by atoms with Crippen LogP contribution in [-0.2, 0) is 4.79 Å². The summed E-state index contributed by atoms with van der Waals surface area (Å²) < 4.78 is 0. The van der Waals surface area contributed by atoms with E-state index < -0.39 is 0 Å². The fourth-order valence-corrected chi connectivity index (χ4v) is 3.08. The number of hydrogen-bond donors (Lipinski definition) is 0. The highest BCUT2D eigenvalue weighted by molar-refractivity contribution is 6.30. The van der Waals surface area contributed by atoms with Gasteiger partial charge in [0.2, 0.25) is 5.91 Å². The second-order valence-electron chi connectivity index (χ2n) is 6.54. The average Bonchev–Trinajstić information content (AvgIpc) is 2.66. The Hall–Kier alpha value is -2.10. The molecular weight excluding hydrogens is 352 g/mol. The van der Waals surface area contributed by atoms with Gasteiger partial charge in [-0.2, -0.15) is 5.26 Å². The zero-order valence-corrected chi connectivity index (χ0v) is 16.1. The van der Waals surface area contributed by atoms with Crippen molar-refractivity contribution in [2.75, 3.05) is 45.8 Å². The number of amides is 2. The molecule has 1 atom stereocenters. The Bertz CT molecular complexity index is 663. The minimum atomic E-state index is -0.173. The minimum absolute atomic E-state index is 0.00864. The van der Waals surface area contributed by atoms with Gasteiger partial charge < -0.3 is 9.80 Å². The molecule has 0 radical (unpaired) electrons. The molecule has 1 aromatic rings. The lowest BCUT2D eigenvalue weighted by atomic mass is 10.1. The Kier molecular flexibility index (Phi) is 7.43. The molecule has 0 aromatic heterocycles. The zero-order valence-electron chi connectivity index (χ0n) is 15.3. The topological polar surface area (TPSA) is 67.7 Å². The van der Waals surface area contributed by atoms with Gasteiger partial charge >= 0.3 is 0 Å². The number of piperazine rings is 1. The van der Waals surface area contributed by atoms with E-state index in [1.807, 2.05) is 13.8 Å². The van der Waals surface area contributed by atoms with Crippen molar-refractivity contribution in [3.05, 3.63) is 34.9 Å². The lowest BCUT2D eigenvalue weighted by molar-refractivity contribution is -0.132. The SMILES string of the molecule is CCN(CC(C)C#N)C(=O)CN1CCN(C(=O)c2ccc(Cl)cc2)CC1. The molecule has 7 heteroatoms. The third-order valence-corrected chi connectivity index (χ3v) is 4.81. The first kappa shape index (κ1) is 20.2. The van der Waals surface area contributed by atoms with Crippen LogP contribution in [0.15, 0.2) is 24.3 Å². The molecule has 1 aromatic carbocycles. The molecule has 1 fully saturated rings. The van der Waals surface area contributed by atoms with Crippen molar-refractivity contribution < 1.29 is 9.59 Å². The molecular formula is C19H25ClN4O2. The molecule has 2 amide bonds. The first-order valence-electron chi connectivity index (χ1n) is 8.89. The fraction of sp³-hybridized carbons (Fsp3) is 0.526. The molecule has 6 nitrogen and oxygen atoms in total. The van der Waals surface area contributed by atoms with Crippen molar-refractivity contribution in [2.45, 2.75) is 13.8 Å². The lowest BCUT2D eigenvalue weighted by Crippen LogP contribution is -2.51. The van der Waals surface area contributed by atoms with Crippen LogP contribution in [-0.4, -0.2) is 72.3 Å². The predicted octanol–water partition coefficient (Wildman–Crippen LogP) is 2.11. The van der Waals surface area contributed by atoms with Crippen LogP contribution in [0.3, 0.4) is 0 Å². The molecule has 140 valence electrons. The van der Waals surface area contributed by atoms with E-state index in [-0.39, 0.29) is 17.7 Å². The highest BCUT2D eigenvalue weighted by Crippen LogP contribution is 2.13. The molecule has 1 saturated heterocycles. The molecule has 26 heavy (non-hydrogen) atoms. The number of halogens is 1. The third kappa shape index (κ3) is 5.45. The molecule has 0 saturated carbocycles. The summed E-state index contributed by atoms with van der Waals surface area (Å²) in [5.41, 5.74) is 0.626. The van der Waals surface area contributed by atoms with Gasteiger partial charge in [-0.25, -0.2) is 0 Å². The van der Waals surface area contributed by atoms with E-state index in [1.54, 1.807) is 34.1 Å². The molecule has 0 aliphatic carbocycles. The second kappa shape index (κ2) is 9.56. The first-order chi connectivity index (χ1) is 12.4. The summed E-state index contributed by atoms with van der Waals surface area (Å²) in [4.78, 5) is 30.5. The number of carbonyl (C=O) groups excluding carboxylic acids is 2. The zero-order chi connectivity index (χ0) is 19.1. The van der Waals surface area contributed by atoms with Crippen LogP contribution in [0.2, 0.25) is 5.02 Å². The van der Waals surface area contributed by atoms with E-state index in [9.17, 15) is 9.59 Å². The standard InChI is InChI=1S/C19H25ClN4O2/c1-3-23(13-15(2)12-21)18(25)14-22-8-10-24(11-9-22)19(26)16-4-6-17(20)7-5-16/h4-7,15H,3,8-11,13-14H2,1-2H3. The summed E-state index contributed by atoms with van der Waals surface area (Å²) in [6.07, 6.45) is 0. The van der Waals surface area contributed by atoms with E-state index in [2.05, 4.69) is 11.0 Å². The summed E-state index contributed by atoms with van der Waals surface area (Å²) in [5, 5.41) is 9.54. The van der Waals surface area contributed by atoms with E-state index in [1.165, 1.54) is 0 Å². The lowest BCUT2D eigenvalue weighted by Gasteiger charge is -2.35. The maximum atomic E-state index is 12.5. The molecule has 1 heterocycles. The van der Waals surface area contributed by atoms with E-state index in [4.69, 9.17) is 16.9 Å². The van der Waals surface area contributed by atoms with Gasteiger partial charge in [0.15, 0.2) is 0 Å². The monoisotopic (exact) mass is 376 g/mol. The summed E-state index contributed by atoms with van der Waals surface area (Å²) >= 11 is 5.86. The van der Waals surface area contributed by atoms with Gasteiger partial charge in [0.05, 0.1) is 18.5 Å². The van der Waals surface area contributed by atoms with Gasteiger partial charge in [-0.15, -0.1) is 0 Å². The van der Waals surface area contributed by atoms with Crippen LogP contribution in [0.4, 0.5) is 0 Å². The minimum Gasteiger partial charge on any atom is -0.341 e. The maximum Gasteiger partial charge on any atom is 0.253 e. The van der Waals surface area contributed by atoms with Gasteiger partial charge in [-0.1, -0.05) is 11.6 Å². The van der Waals surface area contributed by atoms with Crippen LogP contribution in [0, 0.1) is 17.2 Å². The fourth-order valence-electron chi connectivity index (χ4n) is 2.95. The van der Waals surface area contributed by atoms with Gasteiger partial charge in [0.1, 0.15) is 0 Å². The van der Waals surface area contributed by atoms with Gasteiger partial charge in [-0.05, 0) is 38.1 Å². The molecule has 2 rings (SSSR count). The number of carbonyl (C=O) groups is 2. The van der Waals surface area contributed by atoms with E-state index in [0.717, 1.165) is 0 Å². The Labute approximate surface area is 159 Å². The highest BCUT2D eigenvalue weighted by atomic mass is 35.5. The predicted molar refractivity (Wildman–Crippen MR) is 101 cm³/mol. The summed E-state index contributed by atoms with van der Waals surface area (Å²) in [5.74, 6) is -0.148. The van der Waals surface area contributed by atoms with Crippen molar-refractivity contribution in [3.8, 4) is 6.07 Å². The van der Waals surface area contributed by atoms with Crippen molar-refractivity contribution in [2.24, 2.45) is 5.92 Å². The smallest absolute Gasteiger partial charge is 0.253 e. The van der Waals surface area contributed by atoms with Crippen LogP contribution in [0.1, 0.15) is 24.2 Å². The number of nitrogens with zero attached hydrogens (tertiary/aromatic N) is 4. The molecule has 0 N–H and O–H groups in total.